The van der Waals surface area contributed by atoms with Gasteiger partial charge >= 0.3 is 6.18 Å². The summed E-state index contributed by atoms with van der Waals surface area (Å²) in [5, 5.41) is 0. The summed E-state index contributed by atoms with van der Waals surface area (Å²) in [4.78, 5) is 26.0. The van der Waals surface area contributed by atoms with Gasteiger partial charge in [0.2, 0.25) is 0 Å². The van der Waals surface area contributed by atoms with E-state index in [0.29, 0.717) is 22.4 Å². The maximum atomic E-state index is 13.5. The Kier molecular flexibility index (Phi) is 4.03. The van der Waals surface area contributed by atoms with Crippen molar-refractivity contribution in [3.05, 3.63) is 89.2 Å². The molecule has 7 heteroatoms. The van der Waals surface area contributed by atoms with Crippen molar-refractivity contribution in [3.63, 3.8) is 0 Å². The molecular formula is C21H11F4NO2. The molecule has 0 radical (unpaired) electrons. The smallest absolute Gasteiger partial charge is 0.268 e. The first-order valence-corrected chi connectivity index (χ1v) is 8.22. The zero-order valence-electron chi connectivity index (χ0n) is 14.1. The van der Waals surface area contributed by atoms with E-state index in [1.165, 1.54) is 30.3 Å². The van der Waals surface area contributed by atoms with Gasteiger partial charge in [-0.15, -0.1) is 0 Å². The average molecular weight is 385 g/mol. The van der Waals surface area contributed by atoms with Gasteiger partial charge in [-0.2, -0.15) is 13.2 Å². The van der Waals surface area contributed by atoms with Gasteiger partial charge in [0.15, 0.2) is 0 Å². The van der Waals surface area contributed by atoms with E-state index in [1.54, 1.807) is 24.3 Å². The van der Waals surface area contributed by atoms with Gasteiger partial charge in [-0.25, -0.2) is 9.29 Å². The van der Waals surface area contributed by atoms with Crippen molar-refractivity contribution >= 4 is 17.5 Å². The largest absolute Gasteiger partial charge is 0.419 e. The number of alkyl halides is 3. The lowest BCUT2D eigenvalue weighted by Gasteiger charge is -2.15. The van der Waals surface area contributed by atoms with E-state index < -0.39 is 29.4 Å². The maximum absolute atomic E-state index is 13.5. The maximum Gasteiger partial charge on any atom is 0.419 e. The third-order valence-corrected chi connectivity index (χ3v) is 4.52. The normalized spacial score (nSPS) is 13.8. The molecule has 0 unspecified atom stereocenters. The Morgan fingerprint density at radius 2 is 1.25 bits per heavy atom. The number of rotatable bonds is 2. The number of carbonyl (C=O) groups excluding carboxylic acids is 2. The van der Waals surface area contributed by atoms with Gasteiger partial charge in [0, 0.05) is 0 Å². The zero-order chi connectivity index (χ0) is 20.1. The number of anilines is 1. The lowest BCUT2D eigenvalue weighted by atomic mass is 10.0. The summed E-state index contributed by atoms with van der Waals surface area (Å²) in [6, 6.07) is 15.0. The van der Waals surface area contributed by atoms with Crippen LogP contribution in [0, 0.1) is 5.82 Å². The van der Waals surface area contributed by atoms with Crippen LogP contribution in [-0.2, 0) is 6.18 Å². The van der Waals surface area contributed by atoms with Crippen LogP contribution < -0.4 is 4.90 Å². The highest BCUT2D eigenvalue weighted by atomic mass is 19.4. The van der Waals surface area contributed by atoms with Crippen LogP contribution in [0.25, 0.3) is 11.1 Å². The summed E-state index contributed by atoms with van der Waals surface area (Å²) in [7, 11) is 0. The van der Waals surface area contributed by atoms with Crippen molar-refractivity contribution in [2.24, 2.45) is 0 Å². The van der Waals surface area contributed by atoms with Crippen LogP contribution >= 0.6 is 0 Å². The molecule has 0 fully saturated rings. The van der Waals surface area contributed by atoms with Crippen molar-refractivity contribution < 1.29 is 27.2 Å². The van der Waals surface area contributed by atoms with Gasteiger partial charge in [0.05, 0.1) is 22.4 Å². The molecule has 2 amide bonds. The molecule has 3 aromatic rings. The van der Waals surface area contributed by atoms with Crippen LogP contribution in [0.1, 0.15) is 26.3 Å². The highest BCUT2D eigenvalue weighted by Crippen LogP contribution is 2.35. The fraction of sp³-hybridized carbons (Fsp3) is 0.0476. The monoisotopic (exact) mass is 385 g/mol. The predicted molar refractivity (Wildman–Crippen MR) is 94.4 cm³/mol. The van der Waals surface area contributed by atoms with Crippen LogP contribution in [0.2, 0.25) is 0 Å². The van der Waals surface area contributed by atoms with E-state index in [2.05, 4.69) is 0 Å². The van der Waals surface area contributed by atoms with Gasteiger partial charge in [-0.1, -0.05) is 30.3 Å². The first-order valence-electron chi connectivity index (χ1n) is 8.22. The molecule has 0 aliphatic carbocycles. The molecule has 0 N–H and O–H groups in total. The fourth-order valence-corrected chi connectivity index (χ4v) is 3.15. The molecular weight excluding hydrogens is 374 g/mol. The van der Waals surface area contributed by atoms with E-state index in [4.69, 9.17) is 0 Å². The van der Waals surface area contributed by atoms with E-state index in [-0.39, 0.29) is 5.56 Å². The van der Waals surface area contributed by atoms with E-state index in [1.807, 2.05) is 0 Å². The number of carbonyl (C=O) groups is 2. The molecule has 1 heterocycles. The summed E-state index contributed by atoms with van der Waals surface area (Å²) >= 11 is 0. The molecule has 0 saturated carbocycles. The Labute approximate surface area is 156 Å². The molecule has 0 aromatic heterocycles. The van der Waals surface area contributed by atoms with Crippen molar-refractivity contribution in [2.45, 2.75) is 6.18 Å². The first-order chi connectivity index (χ1) is 13.3. The number of fused-ring (bicyclic) bond motifs is 1. The summed E-state index contributed by atoms with van der Waals surface area (Å²) in [6.45, 7) is 0. The number of halogens is 4. The third-order valence-electron chi connectivity index (χ3n) is 4.52. The minimum absolute atomic E-state index is 0.169. The summed E-state index contributed by atoms with van der Waals surface area (Å²) < 4.78 is 52.2. The Hall–Kier alpha value is -3.48. The van der Waals surface area contributed by atoms with E-state index >= 15 is 0 Å². The second-order valence-corrected chi connectivity index (χ2v) is 6.23. The number of nitrogens with zero attached hydrogens (tertiary/aromatic N) is 1. The van der Waals surface area contributed by atoms with E-state index in [0.717, 1.165) is 17.0 Å². The minimum Gasteiger partial charge on any atom is -0.268 e. The molecule has 0 atom stereocenters. The molecule has 0 spiro atoms. The van der Waals surface area contributed by atoms with Crippen LogP contribution in [0.3, 0.4) is 0 Å². The van der Waals surface area contributed by atoms with Crippen molar-refractivity contribution in [3.8, 4) is 11.1 Å². The van der Waals surface area contributed by atoms with Crippen LogP contribution in [-0.4, -0.2) is 11.8 Å². The predicted octanol–water partition coefficient (Wildman–Crippen LogP) is 5.31. The van der Waals surface area contributed by atoms with Crippen molar-refractivity contribution in [2.75, 3.05) is 4.90 Å². The van der Waals surface area contributed by atoms with Gasteiger partial charge < -0.3 is 0 Å². The summed E-state index contributed by atoms with van der Waals surface area (Å²) in [5.41, 5.74) is 0.103. The number of hydrogen-bond acceptors (Lipinski definition) is 2. The Balaban J connectivity index is 1.68. The van der Waals surface area contributed by atoms with Gasteiger partial charge in [0.1, 0.15) is 5.82 Å². The van der Waals surface area contributed by atoms with Crippen molar-refractivity contribution in [1.82, 2.24) is 0 Å². The highest BCUT2D eigenvalue weighted by Gasteiger charge is 2.36. The van der Waals surface area contributed by atoms with Crippen LogP contribution in [0.4, 0.5) is 23.2 Å². The van der Waals surface area contributed by atoms with E-state index in [9.17, 15) is 27.2 Å². The molecule has 140 valence electrons. The second-order valence-electron chi connectivity index (χ2n) is 6.23. The lowest BCUT2D eigenvalue weighted by molar-refractivity contribution is -0.139. The summed E-state index contributed by atoms with van der Waals surface area (Å²) in [5.74, 6) is -2.28. The van der Waals surface area contributed by atoms with Gasteiger partial charge in [-0.05, 0) is 47.5 Å². The number of imide groups is 1. The number of benzene rings is 3. The Morgan fingerprint density at radius 3 is 1.79 bits per heavy atom. The third kappa shape index (κ3) is 2.85. The summed E-state index contributed by atoms with van der Waals surface area (Å²) in [6.07, 6.45) is -4.81. The second kappa shape index (κ2) is 6.30. The molecule has 3 aromatic carbocycles. The SMILES string of the molecule is O=C1c2ccccc2C(=O)N1c1ccc(-c2ccc(F)c(C(F)(F)F)c2)cc1. The lowest BCUT2D eigenvalue weighted by Crippen LogP contribution is -2.29. The molecule has 3 nitrogen and oxygen atoms in total. The number of hydrogen-bond donors (Lipinski definition) is 0. The zero-order valence-corrected chi connectivity index (χ0v) is 14.1. The minimum atomic E-state index is -4.81. The Bertz CT molecular complexity index is 1070. The van der Waals surface area contributed by atoms with Gasteiger partial charge in [-0.3, -0.25) is 9.59 Å². The highest BCUT2D eigenvalue weighted by molar-refractivity contribution is 6.34. The molecule has 1 aliphatic rings. The first kappa shape index (κ1) is 17.9. The Morgan fingerprint density at radius 1 is 0.714 bits per heavy atom. The molecule has 28 heavy (non-hydrogen) atoms. The van der Waals surface area contributed by atoms with Crippen LogP contribution in [0.15, 0.2) is 66.7 Å². The standard InChI is InChI=1S/C21H11F4NO2/c22-18-10-7-13(11-17(18)21(23,24)25)12-5-8-14(9-6-12)26-19(27)15-3-1-2-4-16(15)20(26)28/h1-11H. The quantitative estimate of drug-likeness (QED) is 0.443. The molecule has 4 rings (SSSR count). The molecule has 0 saturated heterocycles. The fourth-order valence-electron chi connectivity index (χ4n) is 3.15. The molecule has 0 bridgehead atoms. The van der Waals surface area contributed by atoms with Gasteiger partial charge in [0.25, 0.3) is 11.8 Å². The van der Waals surface area contributed by atoms with Crippen LogP contribution in [0.5, 0.6) is 0 Å². The molecule has 1 aliphatic heterocycles. The van der Waals surface area contributed by atoms with Crippen molar-refractivity contribution in [1.29, 1.82) is 0 Å². The number of amides is 2. The topological polar surface area (TPSA) is 37.4 Å². The average Bonchev–Trinajstić information content (AvgIpc) is 2.92.